The van der Waals surface area contributed by atoms with E-state index in [2.05, 4.69) is 23.8 Å². The molecule has 162 valence electrons. The molecule has 1 heterocycles. The standard InChI is InChI=1S/C25H28N2O3S/c1-5-10-20-15-19(16-22(24(20)28)30-6-2)17-23-18(3)27(13-14-29-4)25(31-23)26-21-11-8-7-9-12-21/h5,7-9,11-12,15-17,28H,1,3,6,10,13-14H2,2,4H3/b23-17+,26-25?. The van der Waals surface area contributed by atoms with Gasteiger partial charge in [0, 0.05) is 19.2 Å². The van der Waals surface area contributed by atoms with Crippen LogP contribution in [0.4, 0.5) is 5.69 Å². The van der Waals surface area contributed by atoms with Crippen LogP contribution in [0, 0.1) is 0 Å². The lowest BCUT2D eigenvalue weighted by Crippen LogP contribution is -2.32. The molecule has 2 aromatic carbocycles. The smallest absolute Gasteiger partial charge is 0.191 e. The van der Waals surface area contributed by atoms with E-state index in [4.69, 9.17) is 14.5 Å². The van der Waals surface area contributed by atoms with Gasteiger partial charge in [0.05, 0.1) is 28.8 Å². The number of para-hydroxylation sites is 1. The SMILES string of the molecule is C=CCc1cc(/C=c2/sc(=Nc3ccccc3)n(CCOC)c2=C)cc(OCC)c1O. The summed E-state index contributed by atoms with van der Waals surface area (Å²) in [6.45, 7) is 11.7. The summed E-state index contributed by atoms with van der Waals surface area (Å²) in [6, 6.07) is 13.7. The van der Waals surface area contributed by atoms with E-state index in [1.165, 1.54) is 0 Å². The number of ether oxygens (including phenoxy) is 2. The molecule has 3 rings (SSSR count). The topological polar surface area (TPSA) is 56.0 Å². The van der Waals surface area contributed by atoms with Gasteiger partial charge in [-0.2, -0.15) is 0 Å². The number of hydrogen-bond donors (Lipinski definition) is 1. The lowest BCUT2D eigenvalue weighted by molar-refractivity contribution is 0.185. The Bertz CT molecular complexity index is 1210. The molecule has 5 nitrogen and oxygen atoms in total. The zero-order valence-corrected chi connectivity index (χ0v) is 18.8. The highest BCUT2D eigenvalue weighted by molar-refractivity contribution is 7.07. The van der Waals surface area contributed by atoms with Gasteiger partial charge in [0.25, 0.3) is 0 Å². The molecule has 0 saturated heterocycles. The Hall–Kier alpha value is -3.09. The monoisotopic (exact) mass is 436 g/mol. The van der Waals surface area contributed by atoms with Crippen molar-refractivity contribution in [1.82, 2.24) is 4.57 Å². The van der Waals surface area contributed by atoms with Crippen molar-refractivity contribution in [2.45, 2.75) is 19.9 Å². The number of thiazole rings is 1. The molecule has 0 unspecified atom stereocenters. The second-order valence-corrected chi connectivity index (χ2v) is 7.89. The molecule has 0 bridgehead atoms. The fraction of sp³-hybridized carbons (Fsp3) is 0.240. The first-order valence-electron chi connectivity index (χ1n) is 10.2. The van der Waals surface area contributed by atoms with E-state index in [9.17, 15) is 5.11 Å². The Balaban J connectivity index is 2.17. The second-order valence-electron chi connectivity index (χ2n) is 6.88. The molecule has 0 fully saturated rings. The van der Waals surface area contributed by atoms with Crippen LogP contribution >= 0.6 is 11.3 Å². The van der Waals surface area contributed by atoms with Gasteiger partial charge in [0.15, 0.2) is 16.3 Å². The lowest BCUT2D eigenvalue weighted by atomic mass is 10.1. The third-order valence-electron chi connectivity index (χ3n) is 4.68. The number of hydrogen-bond acceptors (Lipinski definition) is 5. The normalized spacial score (nSPS) is 12.3. The third-order valence-corrected chi connectivity index (χ3v) is 5.75. The van der Waals surface area contributed by atoms with E-state index >= 15 is 0 Å². The first kappa shape index (κ1) is 22.6. The summed E-state index contributed by atoms with van der Waals surface area (Å²) in [5.74, 6) is 0.631. The van der Waals surface area contributed by atoms with Crippen LogP contribution < -0.4 is 19.4 Å². The first-order valence-corrected chi connectivity index (χ1v) is 11.0. The molecule has 31 heavy (non-hydrogen) atoms. The van der Waals surface area contributed by atoms with Crippen molar-refractivity contribution in [3.63, 3.8) is 0 Å². The molecule has 0 saturated carbocycles. The molecule has 0 amide bonds. The van der Waals surface area contributed by atoms with Gasteiger partial charge >= 0.3 is 0 Å². The highest BCUT2D eigenvalue weighted by Gasteiger charge is 2.10. The summed E-state index contributed by atoms with van der Waals surface area (Å²) in [5, 5.41) is 11.3. The summed E-state index contributed by atoms with van der Waals surface area (Å²) < 4.78 is 14.0. The Kier molecular flexibility index (Phi) is 7.87. The summed E-state index contributed by atoms with van der Waals surface area (Å²) in [5.41, 5.74) is 2.59. The number of aromatic hydroxyl groups is 1. The number of nitrogens with zero attached hydrogens (tertiary/aromatic N) is 2. The predicted octanol–water partition coefficient (Wildman–Crippen LogP) is 3.50. The van der Waals surface area contributed by atoms with Crippen molar-refractivity contribution in [2.75, 3.05) is 20.3 Å². The van der Waals surface area contributed by atoms with Crippen LogP contribution in [0.3, 0.4) is 0 Å². The molecule has 1 aromatic heterocycles. The summed E-state index contributed by atoms with van der Waals surface area (Å²) in [6.07, 6.45) is 4.37. The fourth-order valence-electron chi connectivity index (χ4n) is 3.18. The van der Waals surface area contributed by atoms with Gasteiger partial charge in [-0.15, -0.1) is 6.58 Å². The van der Waals surface area contributed by atoms with Crippen molar-refractivity contribution in [2.24, 2.45) is 4.99 Å². The van der Waals surface area contributed by atoms with Crippen LogP contribution in [0.15, 0.2) is 60.1 Å². The zero-order chi connectivity index (χ0) is 22.2. The maximum atomic E-state index is 10.5. The van der Waals surface area contributed by atoms with E-state index in [0.717, 1.165) is 31.5 Å². The number of phenols is 1. The summed E-state index contributed by atoms with van der Waals surface area (Å²) in [7, 11) is 1.68. The van der Waals surface area contributed by atoms with Gasteiger partial charge in [-0.3, -0.25) is 0 Å². The Labute approximate surface area is 186 Å². The molecule has 0 spiro atoms. The van der Waals surface area contributed by atoms with E-state index in [1.807, 2.05) is 49.4 Å². The van der Waals surface area contributed by atoms with Gasteiger partial charge in [0.1, 0.15) is 0 Å². The largest absolute Gasteiger partial charge is 0.504 e. The van der Waals surface area contributed by atoms with E-state index in [-0.39, 0.29) is 5.75 Å². The Morgan fingerprint density at radius 1 is 1.23 bits per heavy atom. The first-order chi connectivity index (χ1) is 15.1. The highest BCUT2D eigenvalue weighted by atomic mass is 32.1. The number of methoxy groups -OCH3 is 1. The van der Waals surface area contributed by atoms with Gasteiger partial charge in [0.2, 0.25) is 0 Å². The van der Waals surface area contributed by atoms with E-state index < -0.39 is 0 Å². The molecule has 1 N–H and O–H groups in total. The molecular weight excluding hydrogens is 408 g/mol. The number of benzene rings is 2. The van der Waals surface area contributed by atoms with Gasteiger partial charge in [-0.05, 0) is 49.2 Å². The third kappa shape index (κ3) is 5.54. The number of allylic oxidation sites excluding steroid dienone is 1. The van der Waals surface area contributed by atoms with Gasteiger partial charge < -0.3 is 19.1 Å². The molecule has 3 aromatic rings. The average Bonchev–Trinajstić information content (AvgIpc) is 3.05. The number of phenolic OH excluding ortho intramolecular Hbond substituents is 1. The molecule has 0 radical (unpaired) electrons. The van der Waals surface area contributed by atoms with Crippen LogP contribution in [0.1, 0.15) is 18.1 Å². The zero-order valence-electron chi connectivity index (χ0n) is 18.0. The van der Waals surface area contributed by atoms with Crippen molar-refractivity contribution in [3.05, 3.63) is 80.9 Å². The predicted molar refractivity (Wildman–Crippen MR) is 127 cm³/mol. The maximum absolute atomic E-state index is 10.5. The Morgan fingerprint density at radius 2 is 2.00 bits per heavy atom. The van der Waals surface area contributed by atoms with Crippen LogP contribution in [0.25, 0.3) is 12.7 Å². The Morgan fingerprint density at radius 3 is 2.68 bits per heavy atom. The molecule has 0 atom stereocenters. The molecule has 6 heteroatoms. The highest BCUT2D eigenvalue weighted by Crippen LogP contribution is 2.32. The van der Waals surface area contributed by atoms with E-state index in [1.54, 1.807) is 24.5 Å². The quantitative estimate of drug-likeness (QED) is 0.523. The van der Waals surface area contributed by atoms with Crippen LogP contribution in [-0.4, -0.2) is 30.0 Å². The van der Waals surface area contributed by atoms with Gasteiger partial charge in [-0.1, -0.05) is 42.2 Å². The average molecular weight is 437 g/mol. The molecule has 0 aliphatic carbocycles. The lowest BCUT2D eigenvalue weighted by Gasteiger charge is -2.11. The van der Waals surface area contributed by atoms with Crippen LogP contribution in [0.5, 0.6) is 11.5 Å². The minimum absolute atomic E-state index is 0.162. The van der Waals surface area contributed by atoms with Crippen molar-refractivity contribution in [1.29, 1.82) is 0 Å². The number of aromatic nitrogens is 1. The minimum atomic E-state index is 0.162. The van der Waals surface area contributed by atoms with Crippen LogP contribution in [0.2, 0.25) is 0 Å². The van der Waals surface area contributed by atoms with Crippen LogP contribution in [-0.2, 0) is 17.7 Å². The maximum Gasteiger partial charge on any atom is 0.191 e. The van der Waals surface area contributed by atoms with Crippen molar-refractivity contribution in [3.8, 4) is 11.5 Å². The molecule has 0 aliphatic heterocycles. The second kappa shape index (κ2) is 10.8. The number of rotatable bonds is 9. The van der Waals surface area contributed by atoms with Crippen molar-refractivity contribution >= 4 is 29.7 Å². The fourth-order valence-corrected chi connectivity index (χ4v) is 4.27. The summed E-state index contributed by atoms with van der Waals surface area (Å²) >= 11 is 1.57. The van der Waals surface area contributed by atoms with E-state index in [0.29, 0.717) is 31.9 Å². The minimum Gasteiger partial charge on any atom is -0.504 e. The molecular formula is C25H28N2O3S. The van der Waals surface area contributed by atoms with Gasteiger partial charge in [-0.25, -0.2) is 4.99 Å². The molecule has 0 aliphatic rings. The van der Waals surface area contributed by atoms with Crippen molar-refractivity contribution < 1.29 is 14.6 Å². The summed E-state index contributed by atoms with van der Waals surface area (Å²) in [4.78, 5) is 5.67.